The molecule has 3 atom stereocenters. The van der Waals surface area contributed by atoms with E-state index >= 15 is 0 Å². The molecule has 8 heteroatoms. The molecule has 0 radical (unpaired) electrons. The van der Waals surface area contributed by atoms with E-state index in [1.165, 1.54) is 0 Å². The van der Waals surface area contributed by atoms with Crippen molar-refractivity contribution in [2.75, 3.05) is 0 Å². The van der Waals surface area contributed by atoms with E-state index in [4.69, 9.17) is 14.0 Å². The summed E-state index contributed by atoms with van der Waals surface area (Å²) in [6.07, 6.45) is 7.38. The zero-order valence-electron chi connectivity index (χ0n) is 20.2. The summed E-state index contributed by atoms with van der Waals surface area (Å²) in [5, 5.41) is 16.8. The van der Waals surface area contributed by atoms with Crippen LogP contribution in [0.4, 0.5) is 4.79 Å². The molecule has 0 spiro atoms. The minimum Gasteiger partial charge on any atom is -0.490 e. The number of nitrogens with zero attached hydrogens (tertiary/aromatic N) is 3. The van der Waals surface area contributed by atoms with Gasteiger partial charge in [0.1, 0.15) is 17.4 Å². The molecule has 0 bridgehead atoms. The highest BCUT2D eigenvalue weighted by Crippen LogP contribution is 2.44. The number of benzene rings is 1. The average molecular weight is 463 g/mol. The maximum atomic E-state index is 12.3. The second-order valence-electron chi connectivity index (χ2n) is 9.91. The first kappa shape index (κ1) is 23.6. The van der Waals surface area contributed by atoms with Crippen molar-refractivity contribution in [1.82, 2.24) is 15.5 Å². The maximum absolute atomic E-state index is 12.3. The van der Waals surface area contributed by atoms with Gasteiger partial charge in [-0.2, -0.15) is 10.2 Å². The van der Waals surface area contributed by atoms with Crippen LogP contribution in [0.2, 0.25) is 0 Å². The number of ether oxygens (including phenoxy) is 2. The molecule has 8 nitrogen and oxygen atoms in total. The van der Waals surface area contributed by atoms with E-state index < -0.39 is 11.7 Å². The summed E-state index contributed by atoms with van der Waals surface area (Å²) in [7, 11) is 0. The van der Waals surface area contributed by atoms with E-state index in [1.807, 2.05) is 46.8 Å². The minimum atomic E-state index is -0.545. The molecular weight excluding hydrogens is 432 g/mol. The molecule has 34 heavy (non-hydrogen) atoms. The topological polar surface area (TPSA) is 110 Å². The molecule has 2 unspecified atom stereocenters. The van der Waals surface area contributed by atoms with Gasteiger partial charge in [-0.25, -0.2) is 4.79 Å². The van der Waals surface area contributed by atoms with Crippen molar-refractivity contribution in [1.29, 1.82) is 5.26 Å². The molecule has 1 N–H and O–H groups in total. The minimum absolute atomic E-state index is 0.0339. The van der Waals surface area contributed by atoms with Crippen molar-refractivity contribution >= 4 is 6.09 Å². The smallest absolute Gasteiger partial charge is 0.408 e. The van der Waals surface area contributed by atoms with Gasteiger partial charge in [-0.1, -0.05) is 23.4 Å². The van der Waals surface area contributed by atoms with Crippen LogP contribution in [0, 0.1) is 17.2 Å². The summed E-state index contributed by atoms with van der Waals surface area (Å²) < 4.78 is 16.7. The predicted octanol–water partition coefficient (Wildman–Crippen LogP) is 5.28. The Balaban J connectivity index is 1.50. The number of rotatable bonds is 5. The van der Waals surface area contributed by atoms with E-state index in [2.05, 4.69) is 33.7 Å². The largest absolute Gasteiger partial charge is 0.490 e. The number of fused-ring (bicyclic) bond motifs is 1. The Hall–Kier alpha value is -3.60. The molecule has 0 saturated heterocycles. The number of nitriles is 1. The summed E-state index contributed by atoms with van der Waals surface area (Å²) in [6.45, 7) is 9.37. The monoisotopic (exact) mass is 462 g/mol. The lowest BCUT2D eigenvalue weighted by Gasteiger charge is -2.26. The van der Waals surface area contributed by atoms with Crippen molar-refractivity contribution in [3.8, 4) is 23.3 Å². The summed E-state index contributed by atoms with van der Waals surface area (Å²) in [5.74, 6) is 1.59. The highest BCUT2D eigenvalue weighted by atomic mass is 16.6. The van der Waals surface area contributed by atoms with Gasteiger partial charge in [-0.3, -0.25) is 0 Å². The van der Waals surface area contributed by atoms with Gasteiger partial charge in [-0.15, -0.1) is 0 Å². The predicted molar refractivity (Wildman–Crippen MR) is 126 cm³/mol. The zero-order chi connectivity index (χ0) is 24.5. The van der Waals surface area contributed by atoms with Gasteiger partial charge in [0.15, 0.2) is 5.82 Å². The van der Waals surface area contributed by atoms with Crippen molar-refractivity contribution in [2.24, 2.45) is 5.92 Å². The fourth-order valence-corrected chi connectivity index (χ4v) is 4.45. The first-order valence-corrected chi connectivity index (χ1v) is 11.6. The lowest BCUT2D eigenvalue weighted by molar-refractivity contribution is 0.0513. The fourth-order valence-electron chi connectivity index (χ4n) is 4.45. The number of alkyl carbamates (subject to hydrolysis) is 1. The van der Waals surface area contributed by atoms with E-state index in [0.717, 1.165) is 18.4 Å². The standard InChI is InChI=1S/C26H30N4O4/c1-15(2)32-22-12-9-16(13-17(22)14-27)24-29-23(30-34-24)20-8-6-7-19-18(20)10-11-21(19)28-25(31)33-26(3,4)5/h6-9,12-13,15,18,20-21H,10-11H2,1-5H3,(H,28,31)/t18?,20?,21-/m1/s1. The van der Waals surface area contributed by atoms with Crippen LogP contribution in [0.25, 0.3) is 11.5 Å². The Labute approximate surface area is 199 Å². The van der Waals surface area contributed by atoms with Crippen LogP contribution in [0.1, 0.15) is 64.8 Å². The molecular formula is C26H30N4O4. The SMILES string of the molecule is CC(C)Oc1ccc(-c2nc(C3C=CC=C4C3CC[C@H]4NC(=O)OC(C)(C)C)no2)cc1C#N. The third kappa shape index (κ3) is 5.14. The van der Waals surface area contributed by atoms with Gasteiger partial charge in [-0.05, 0) is 77.2 Å². The average Bonchev–Trinajstić information content (AvgIpc) is 3.40. The highest BCUT2D eigenvalue weighted by molar-refractivity contribution is 5.69. The third-order valence-electron chi connectivity index (χ3n) is 5.78. The summed E-state index contributed by atoms with van der Waals surface area (Å²) >= 11 is 0. The Morgan fingerprint density at radius 3 is 2.79 bits per heavy atom. The van der Waals surface area contributed by atoms with Gasteiger partial charge in [0.2, 0.25) is 0 Å². The van der Waals surface area contributed by atoms with E-state index in [-0.39, 0.29) is 24.0 Å². The van der Waals surface area contributed by atoms with E-state index in [9.17, 15) is 10.1 Å². The molecule has 2 aliphatic carbocycles. The van der Waals surface area contributed by atoms with Gasteiger partial charge in [0, 0.05) is 11.5 Å². The first-order chi connectivity index (χ1) is 16.1. The summed E-state index contributed by atoms with van der Waals surface area (Å²) in [5.41, 5.74) is 1.68. The Morgan fingerprint density at radius 1 is 1.29 bits per heavy atom. The Morgan fingerprint density at radius 2 is 2.09 bits per heavy atom. The molecule has 1 amide bonds. The van der Waals surface area contributed by atoms with Gasteiger partial charge in [0.25, 0.3) is 5.89 Å². The number of nitrogens with one attached hydrogen (secondary N) is 1. The number of carbonyl (C=O) groups excluding carboxylic acids is 1. The fraction of sp³-hybridized carbons (Fsp3) is 0.462. The molecule has 1 saturated carbocycles. The van der Waals surface area contributed by atoms with Crippen molar-refractivity contribution in [3.05, 3.63) is 53.4 Å². The zero-order valence-corrected chi connectivity index (χ0v) is 20.2. The number of allylic oxidation sites excluding steroid dienone is 3. The van der Waals surface area contributed by atoms with Crippen LogP contribution in [0.5, 0.6) is 5.75 Å². The van der Waals surface area contributed by atoms with Crippen LogP contribution in [0.3, 0.4) is 0 Å². The summed E-state index contributed by atoms with van der Waals surface area (Å²) in [4.78, 5) is 16.9. The number of hydrogen-bond donors (Lipinski definition) is 1. The van der Waals surface area contributed by atoms with Gasteiger partial charge >= 0.3 is 6.09 Å². The lowest BCUT2D eigenvalue weighted by Crippen LogP contribution is -2.39. The van der Waals surface area contributed by atoms with E-state index in [1.54, 1.807) is 12.1 Å². The number of carbonyl (C=O) groups is 1. The normalized spacial score (nSPS) is 21.6. The van der Waals surface area contributed by atoms with Crippen LogP contribution < -0.4 is 10.1 Å². The van der Waals surface area contributed by atoms with Gasteiger partial charge < -0.3 is 19.3 Å². The quantitative estimate of drug-likeness (QED) is 0.644. The van der Waals surface area contributed by atoms with Crippen molar-refractivity contribution in [2.45, 2.75) is 71.1 Å². The van der Waals surface area contributed by atoms with Crippen LogP contribution in [-0.4, -0.2) is 34.0 Å². The van der Waals surface area contributed by atoms with Crippen LogP contribution in [0.15, 0.2) is 46.5 Å². The third-order valence-corrected chi connectivity index (χ3v) is 5.78. The maximum Gasteiger partial charge on any atom is 0.408 e. The second-order valence-corrected chi connectivity index (χ2v) is 9.91. The molecule has 2 aliphatic rings. The van der Waals surface area contributed by atoms with Gasteiger partial charge in [0.05, 0.1) is 17.7 Å². The molecule has 4 rings (SSSR count). The second kappa shape index (κ2) is 9.34. The Kier molecular flexibility index (Phi) is 6.47. The number of hydrogen-bond acceptors (Lipinski definition) is 7. The number of aromatic nitrogens is 2. The van der Waals surface area contributed by atoms with Crippen LogP contribution >= 0.6 is 0 Å². The number of amides is 1. The highest BCUT2D eigenvalue weighted by Gasteiger charge is 2.39. The molecule has 1 fully saturated rings. The Bertz CT molecular complexity index is 1170. The first-order valence-electron chi connectivity index (χ1n) is 11.6. The van der Waals surface area contributed by atoms with Crippen molar-refractivity contribution in [3.63, 3.8) is 0 Å². The summed E-state index contributed by atoms with van der Waals surface area (Å²) in [6, 6.07) is 7.36. The molecule has 178 valence electrons. The molecule has 0 aliphatic heterocycles. The molecule has 1 aromatic carbocycles. The van der Waals surface area contributed by atoms with E-state index in [0.29, 0.717) is 28.6 Å². The van der Waals surface area contributed by atoms with Crippen LogP contribution in [-0.2, 0) is 4.74 Å². The van der Waals surface area contributed by atoms with Crippen molar-refractivity contribution < 1.29 is 18.8 Å². The molecule has 1 heterocycles. The molecule has 1 aromatic heterocycles. The lowest BCUT2D eigenvalue weighted by atomic mass is 9.83. The molecule has 2 aromatic rings.